The zero-order valence-electron chi connectivity index (χ0n) is 14.0. The van der Waals surface area contributed by atoms with Gasteiger partial charge in [0.2, 0.25) is 0 Å². The summed E-state index contributed by atoms with van der Waals surface area (Å²) in [7, 11) is 0. The minimum atomic E-state index is -1.22. The first kappa shape index (κ1) is 25.7. The van der Waals surface area contributed by atoms with Gasteiger partial charge in [-0.25, -0.2) is 9.59 Å². The summed E-state index contributed by atoms with van der Waals surface area (Å²) in [5.41, 5.74) is 6.94. The Morgan fingerprint density at radius 3 is 1.36 bits per heavy atom. The van der Waals surface area contributed by atoms with Gasteiger partial charge in [-0.05, 0) is 0 Å². The van der Waals surface area contributed by atoms with Crippen LogP contribution < -0.4 is 12.4 Å². The molecule has 0 fully saturated rings. The summed E-state index contributed by atoms with van der Waals surface area (Å²) < 4.78 is 0. The van der Waals surface area contributed by atoms with Crippen LogP contribution in [-0.2, 0) is 57.0 Å². The Kier molecular flexibility index (Phi) is 14.0. The average molecular weight is 397 g/mol. The molecule has 0 unspecified atom stereocenters. The molecule has 132 valence electrons. The third kappa shape index (κ3) is 8.89. The number of carbonyl (C=O) groups is 2. The van der Waals surface area contributed by atoms with Crippen molar-refractivity contribution < 1.29 is 53.9 Å². The summed E-state index contributed by atoms with van der Waals surface area (Å²) in [6.07, 6.45) is 19.9. The second-order valence-corrected chi connectivity index (χ2v) is 5.47. The normalized spacial score (nSPS) is 13.0. The van der Waals surface area contributed by atoms with Gasteiger partial charge in [-0.15, -0.1) is 12.8 Å². The van der Waals surface area contributed by atoms with Crippen LogP contribution in [0, 0.1) is 24.7 Å². The van der Waals surface area contributed by atoms with E-state index in [0.29, 0.717) is 0 Å². The first-order valence-electron chi connectivity index (χ1n) is 7.67. The van der Waals surface area contributed by atoms with E-state index in [1.54, 1.807) is 22.3 Å². The van der Waals surface area contributed by atoms with E-state index in [2.05, 4.69) is 18.9 Å². The molecule has 6 heteroatoms. The Balaban J connectivity index is 0. The van der Waals surface area contributed by atoms with Gasteiger partial charge >= 0.3 is 33.7 Å². The number of carboxylic acids is 2. The monoisotopic (exact) mass is 396 g/mol. The Morgan fingerprint density at radius 2 is 1.08 bits per heavy atom. The van der Waals surface area contributed by atoms with Crippen molar-refractivity contribution in [2.24, 2.45) is 0 Å². The number of fused-ring (bicyclic) bond motifs is 3. The van der Waals surface area contributed by atoms with E-state index in [0.717, 1.165) is 0 Å². The van der Waals surface area contributed by atoms with E-state index >= 15 is 0 Å². The Morgan fingerprint density at radius 1 is 0.800 bits per heavy atom. The summed E-state index contributed by atoms with van der Waals surface area (Å²) in [5.74, 6) is 0.454. The maximum absolute atomic E-state index is 9.13. The molecular formula is C19H21ClO4Ti. The van der Waals surface area contributed by atoms with Crippen LogP contribution in [0.1, 0.15) is 47.9 Å². The van der Waals surface area contributed by atoms with Crippen LogP contribution in [0.15, 0.2) is 6.07 Å². The molecule has 3 rings (SSSR count). The number of aliphatic carboxylic acids is 2. The molecular weight excluding hydrogens is 376 g/mol. The largest absolute Gasteiger partial charge is 2.00 e. The summed E-state index contributed by atoms with van der Waals surface area (Å²) in [6.45, 7) is 0. The van der Waals surface area contributed by atoms with E-state index in [1.165, 1.54) is 63.2 Å². The molecule has 0 heterocycles. The Labute approximate surface area is 170 Å². The van der Waals surface area contributed by atoms with Crippen molar-refractivity contribution in [2.75, 3.05) is 0 Å². The molecule has 0 spiro atoms. The van der Waals surface area contributed by atoms with Crippen LogP contribution >= 0.6 is 0 Å². The summed E-state index contributed by atoms with van der Waals surface area (Å²) in [5, 5.41) is 15.0. The predicted octanol–water partition coefficient (Wildman–Crippen LogP) is -0.427. The second kappa shape index (κ2) is 13.7. The summed E-state index contributed by atoms with van der Waals surface area (Å²) in [4.78, 5) is 18.3. The van der Waals surface area contributed by atoms with Crippen LogP contribution in [0.25, 0.3) is 0 Å². The third-order valence-electron chi connectivity index (χ3n) is 3.98. The van der Waals surface area contributed by atoms with Gasteiger partial charge in [0.1, 0.15) is 0 Å². The molecule has 2 N–H and O–H groups in total. The van der Waals surface area contributed by atoms with Gasteiger partial charge in [-0.1, -0.05) is 51.4 Å². The van der Waals surface area contributed by atoms with E-state index in [9.17, 15) is 0 Å². The molecule has 0 aliphatic heterocycles. The molecule has 2 aliphatic carbocycles. The molecule has 2 aliphatic rings. The van der Waals surface area contributed by atoms with Gasteiger partial charge in [0, 0.05) is 11.8 Å². The fraction of sp³-hybridized carbons (Fsp3) is 0.421. The van der Waals surface area contributed by atoms with Crippen molar-refractivity contribution in [3.8, 4) is 24.7 Å². The SMILES string of the molecule is C#CC(=O)O.C#CC(=O)O.[Cl-].[Ti+2].[cH-]1c2c(c3c1CCCC3)CCCC2. The van der Waals surface area contributed by atoms with Gasteiger partial charge in [0.25, 0.3) is 0 Å². The molecule has 1 aromatic rings. The number of aryl methyl sites for hydroxylation is 2. The van der Waals surface area contributed by atoms with Crippen molar-refractivity contribution in [3.63, 3.8) is 0 Å². The first-order chi connectivity index (χ1) is 11.0. The van der Waals surface area contributed by atoms with Crippen molar-refractivity contribution >= 4 is 11.9 Å². The van der Waals surface area contributed by atoms with Gasteiger partial charge in [0.15, 0.2) is 0 Å². The molecule has 0 saturated heterocycles. The number of carboxylic acid groups (broad SMARTS) is 2. The van der Waals surface area contributed by atoms with Crippen LogP contribution in [0.2, 0.25) is 0 Å². The third-order valence-corrected chi connectivity index (χ3v) is 3.98. The van der Waals surface area contributed by atoms with E-state index in [-0.39, 0.29) is 34.1 Å². The molecule has 25 heavy (non-hydrogen) atoms. The molecule has 4 nitrogen and oxygen atoms in total. The van der Waals surface area contributed by atoms with Gasteiger partial charge in [-0.2, -0.15) is 28.3 Å². The Bertz CT molecular complexity index is 595. The smallest absolute Gasteiger partial charge is 1.00 e. The van der Waals surface area contributed by atoms with Gasteiger partial charge < -0.3 is 22.6 Å². The number of rotatable bonds is 0. The fourth-order valence-electron chi connectivity index (χ4n) is 3.08. The average Bonchev–Trinajstić information content (AvgIpc) is 2.94. The van der Waals surface area contributed by atoms with Crippen LogP contribution in [0.4, 0.5) is 0 Å². The number of halogens is 1. The summed E-state index contributed by atoms with van der Waals surface area (Å²) >= 11 is 0. The minimum Gasteiger partial charge on any atom is -1.00 e. The fourth-order valence-corrected chi connectivity index (χ4v) is 3.08. The van der Waals surface area contributed by atoms with Crippen LogP contribution in [0.5, 0.6) is 0 Å². The van der Waals surface area contributed by atoms with E-state index < -0.39 is 11.9 Å². The number of hydrogen-bond acceptors (Lipinski definition) is 2. The van der Waals surface area contributed by atoms with Crippen molar-refractivity contribution in [2.45, 2.75) is 51.4 Å². The molecule has 1 aromatic carbocycles. The van der Waals surface area contributed by atoms with E-state index in [4.69, 9.17) is 19.8 Å². The molecule has 0 bridgehead atoms. The second-order valence-electron chi connectivity index (χ2n) is 5.47. The molecule has 0 saturated carbocycles. The number of hydrogen-bond donors (Lipinski definition) is 2. The van der Waals surface area contributed by atoms with Gasteiger partial charge in [-0.3, -0.25) is 0 Å². The molecule has 0 atom stereocenters. The number of terminal acetylenes is 2. The van der Waals surface area contributed by atoms with Crippen molar-refractivity contribution in [1.82, 2.24) is 0 Å². The Hall–Kier alpha value is -1.59. The first-order valence-corrected chi connectivity index (χ1v) is 7.67. The maximum atomic E-state index is 9.13. The minimum absolute atomic E-state index is 0. The topological polar surface area (TPSA) is 74.6 Å². The standard InChI is InChI=1S/C13H17.2C3H2O2.ClH.Ti/c1-3-7-12-10(5-1)9-11-6-2-4-8-13(11)12;2*1-2-3(4)5;;/h9H,1-8H2;2*1H,(H,4,5);1H;/q-1;;;;+2/p-1. The zero-order valence-corrected chi connectivity index (χ0v) is 16.3. The van der Waals surface area contributed by atoms with Crippen molar-refractivity contribution in [1.29, 1.82) is 0 Å². The van der Waals surface area contributed by atoms with Gasteiger partial charge in [0.05, 0.1) is 0 Å². The van der Waals surface area contributed by atoms with E-state index in [1.807, 2.05) is 0 Å². The van der Waals surface area contributed by atoms with Crippen molar-refractivity contribution in [3.05, 3.63) is 28.3 Å². The van der Waals surface area contributed by atoms with Crippen LogP contribution in [-0.4, -0.2) is 22.2 Å². The maximum Gasteiger partial charge on any atom is 2.00 e. The van der Waals surface area contributed by atoms with Crippen LogP contribution in [0.3, 0.4) is 0 Å². The molecule has 0 amide bonds. The quantitative estimate of drug-likeness (QED) is 0.355. The molecule has 0 aromatic heterocycles. The summed E-state index contributed by atoms with van der Waals surface area (Å²) in [6, 6.07) is 2.52. The zero-order chi connectivity index (χ0) is 17.2. The predicted molar refractivity (Wildman–Crippen MR) is 88.3 cm³/mol. The molecule has 0 radical (unpaired) electrons.